The Labute approximate surface area is 83.4 Å². The predicted molar refractivity (Wildman–Crippen MR) is 52.4 cm³/mol. The number of ketones is 1. The summed E-state index contributed by atoms with van der Waals surface area (Å²) in [6.07, 6.45) is 1.84. The highest BCUT2D eigenvalue weighted by molar-refractivity contribution is 5.95. The van der Waals surface area contributed by atoms with Crippen molar-refractivity contribution in [2.45, 2.75) is 0 Å². The minimum Gasteiger partial charge on any atom is -0.382 e. The Balaban J connectivity index is 2.32. The van der Waals surface area contributed by atoms with E-state index in [2.05, 4.69) is 0 Å². The number of aromatic nitrogens is 1. The maximum atomic E-state index is 11.5. The van der Waals surface area contributed by atoms with E-state index in [1.807, 2.05) is 19.3 Å². The van der Waals surface area contributed by atoms with Crippen LogP contribution in [0.3, 0.4) is 0 Å². The van der Waals surface area contributed by atoms with Crippen molar-refractivity contribution < 1.29 is 14.3 Å². The number of carbonyl (C=O) groups is 1. The van der Waals surface area contributed by atoms with Gasteiger partial charge in [-0.3, -0.25) is 4.79 Å². The molecule has 0 aliphatic heterocycles. The number of hydrogen-bond donors (Lipinski definition) is 0. The second-order valence-electron chi connectivity index (χ2n) is 2.97. The van der Waals surface area contributed by atoms with Crippen molar-refractivity contribution in [2.24, 2.45) is 7.05 Å². The molecule has 1 rings (SSSR count). The second kappa shape index (κ2) is 5.57. The average Bonchev–Trinajstić information content (AvgIpc) is 2.59. The van der Waals surface area contributed by atoms with Crippen LogP contribution in [0.25, 0.3) is 0 Å². The van der Waals surface area contributed by atoms with E-state index in [-0.39, 0.29) is 12.4 Å². The van der Waals surface area contributed by atoms with Crippen LogP contribution in [0.15, 0.2) is 18.3 Å². The Morgan fingerprint density at radius 3 is 2.86 bits per heavy atom. The standard InChI is InChI=1S/C10H15NO3/c1-11-5-3-4-9(11)10(12)8-14-7-6-13-2/h3-5H,6-8H2,1-2H3. The first-order valence-corrected chi connectivity index (χ1v) is 4.47. The highest BCUT2D eigenvalue weighted by Crippen LogP contribution is 2.00. The highest BCUT2D eigenvalue weighted by atomic mass is 16.5. The molecule has 1 aromatic heterocycles. The van der Waals surface area contributed by atoms with Gasteiger partial charge in [0.1, 0.15) is 6.61 Å². The number of ether oxygens (including phenoxy) is 2. The number of rotatable bonds is 6. The van der Waals surface area contributed by atoms with Crippen molar-refractivity contribution in [2.75, 3.05) is 26.9 Å². The number of Topliss-reactive ketones (excluding diaryl/α,β-unsaturated/α-hetero) is 1. The maximum Gasteiger partial charge on any atom is 0.204 e. The molecule has 0 aromatic carbocycles. The van der Waals surface area contributed by atoms with Crippen molar-refractivity contribution in [3.8, 4) is 0 Å². The van der Waals surface area contributed by atoms with Gasteiger partial charge in [-0.25, -0.2) is 0 Å². The van der Waals surface area contributed by atoms with Gasteiger partial charge in [0.2, 0.25) is 5.78 Å². The molecule has 0 N–H and O–H groups in total. The monoisotopic (exact) mass is 197 g/mol. The molecule has 0 fully saturated rings. The van der Waals surface area contributed by atoms with Crippen molar-refractivity contribution >= 4 is 5.78 Å². The summed E-state index contributed by atoms with van der Waals surface area (Å²) < 4.78 is 11.7. The van der Waals surface area contributed by atoms with Gasteiger partial charge in [-0.1, -0.05) is 0 Å². The van der Waals surface area contributed by atoms with Crippen LogP contribution in [0, 0.1) is 0 Å². The molecule has 0 unspecified atom stereocenters. The van der Waals surface area contributed by atoms with Crippen molar-refractivity contribution in [1.29, 1.82) is 0 Å². The lowest BCUT2D eigenvalue weighted by Crippen LogP contribution is -2.14. The third kappa shape index (κ3) is 2.97. The van der Waals surface area contributed by atoms with Gasteiger partial charge in [0.05, 0.1) is 18.9 Å². The highest BCUT2D eigenvalue weighted by Gasteiger charge is 2.08. The molecule has 4 heteroatoms. The Bertz CT molecular complexity index is 293. The van der Waals surface area contributed by atoms with Crippen LogP contribution in [0.2, 0.25) is 0 Å². The lowest BCUT2D eigenvalue weighted by atomic mass is 10.3. The van der Waals surface area contributed by atoms with Crippen molar-refractivity contribution in [1.82, 2.24) is 4.57 Å². The normalized spacial score (nSPS) is 10.4. The maximum absolute atomic E-state index is 11.5. The lowest BCUT2D eigenvalue weighted by Gasteiger charge is -2.03. The zero-order chi connectivity index (χ0) is 10.4. The fraction of sp³-hybridized carbons (Fsp3) is 0.500. The van der Waals surface area contributed by atoms with Gasteiger partial charge in [-0.2, -0.15) is 0 Å². The molecule has 0 aliphatic rings. The van der Waals surface area contributed by atoms with Gasteiger partial charge in [-0.05, 0) is 12.1 Å². The van der Waals surface area contributed by atoms with E-state index in [0.29, 0.717) is 18.9 Å². The first-order valence-electron chi connectivity index (χ1n) is 4.47. The quantitative estimate of drug-likeness (QED) is 0.502. The molecule has 0 spiro atoms. The SMILES string of the molecule is COCCOCC(=O)c1cccn1C. The number of nitrogens with zero attached hydrogens (tertiary/aromatic N) is 1. The lowest BCUT2D eigenvalue weighted by molar-refractivity contribution is 0.0571. The first kappa shape index (κ1) is 10.9. The molecule has 0 radical (unpaired) electrons. The number of hydrogen-bond acceptors (Lipinski definition) is 3. The van der Waals surface area contributed by atoms with Gasteiger partial charge in [0.25, 0.3) is 0 Å². The number of carbonyl (C=O) groups excluding carboxylic acids is 1. The Morgan fingerprint density at radius 1 is 1.50 bits per heavy atom. The van der Waals surface area contributed by atoms with Crippen LogP contribution in [-0.4, -0.2) is 37.3 Å². The van der Waals surface area contributed by atoms with E-state index in [1.165, 1.54) is 0 Å². The van der Waals surface area contributed by atoms with Crippen LogP contribution in [-0.2, 0) is 16.5 Å². The molecule has 0 aliphatic carbocycles. The summed E-state index contributed by atoms with van der Waals surface area (Å²) in [5, 5.41) is 0. The number of methoxy groups -OCH3 is 1. The molecular weight excluding hydrogens is 182 g/mol. The topological polar surface area (TPSA) is 40.5 Å². The largest absolute Gasteiger partial charge is 0.382 e. The van der Waals surface area contributed by atoms with Crippen LogP contribution >= 0.6 is 0 Å². The van der Waals surface area contributed by atoms with Crippen molar-refractivity contribution in [3.05, 3.63) is 24.0 Å². The summed E-state index contributed by atoms with van der Waals surface area (Å²) in [5.74, 6) is -0.00592. The van der Waals surface area contributed by atoms with Gasteiger partial charge in [-0.15, -0.1) is 0 Å². The zero-order valence-electron chi connectivity index (χ0n) is 8.53. The summed E-state index contributed by atoms with van der Waals surface area (Å²) in [6, 6.07) is 3.62. The third-order valence-electron chi connectivity index (χ3n) is 1.89. The molecule has 0 saturated heterocycles. The Kier molecular flexibility index (Phi) is 4.35. The molecule has 4 nitrogen and oxygen atoms in total. The zero-order valence-corrected chi connectivity index (χ0v) is 8.53. The van der Waals surface area contributed by atoms with Crippen LogP contribution in [0.4, 0.5) is 0 Å². The van der Waals surface area contributed by atoms with E-state index >= 15 is 0 Å². The minimum atomic E-state index is -0.00592. The van der Waals surface area contributed by atoms with Crippen molar-refractivity contribution in [3.63, 3.8) is 0 Å². The molecule has 1 heterocycles. The molecular formula is C10H15NO3. The van der Waals surface area contributed by atoms with Gasteiger partial charge >= 0.3 is 0 Å². The Hall–Kier alpha value is -1.13. The van der Waals surface area contributed by atoms with E-state index < -0.39 is 0 Å². The Morgan fingerprint density at radius 2 is 2.29 bits per heavy atom. The van der Waals surface area contributed by atoms with Gasteiger partial charge < -0.3 is 14.0 Å². The third-order valence-corrected chi connectivity index (χ3v) is 1.89. The molecule has 78 valence electrons. The van der Waals surface area contributed by atoms with Crippen LogP contribution in [0.1, 0.15) is 10.5 Å². The summed E-state index contributed by atoms with van der Waals surface area (Å²) >= 11 is 0. The number of aryl methyl sites for hydroxylation is 1. The predicted octanol–water partition coefficient (Wildman–Crippen LogP) is 0.871. The summed E-state index contributed by atoms with van der Waals surface area (Å²) in [6.45, 7) is 1.08. The second-order valence-corrected chi connectivity index (χ2v) is 2.97. The van der Waals surface area contributed by atoms with E-state index in [0.717, 1.165) is 0 Å². The molecule has 0 saturated carbocycles. The van der Waals surface area contributed by atoms with Gasteiger partial charge in [0, 0.05) is 20.4 Å². The van der Waals surface area contributed by atoms with Crippen LogP contribution in [0.5, 0.6) is 0 Å². The van der Waals surface area contributed by atoms with E-state index in [9.17, 15) is 4.79 Å². The van der Waals surface area contributed by atoms with Gasteiger partial charge in [0.15, 0.2) is 0 Å². The molecule has 0 bridgehead atoms. The smallest absolute Gasteiger partial charge is 0.204 e. The fourth-order valence-electron chi connectivity index (χ4n) is 1.13. The van der Waals surface area contributed by atoms with Crippen LogP contribution < -0.4 is 0 Å². The first-order chi connectivity index (χ1) is 6.75. The van der Waals surface area contributed by atoms with E-state index in [4.69, 9.17) is 9.47 Å². The van der Waals surface area contributed by atoms with E-state index in [1.54, 1.807) is 17.7 Å². The molecule has 0 amide bonds. The molecule has 14 heavy (non-hydrogen) atoms. The molecule has 0 atom stereocenters. The minimum absolute atomic E-state index is 0.00592. The average molecular weight is 197 g/mol. The molecule has 1 aromatic rings. The fourth-order valence-corrected chi connectivity index (χ4v) is 1.13. The summed E-state index contributed by atoms with van der Waals surface area (Å²) in [4.78, 5) is 11.5. The summed E-state index contributed by atoms with van der Waals surface area (Å²) in [7, 11) is 3.44. The summed E-state index contributed by atoms with van der Waals surface area (Å²) in [5.41, 5.74) is 0.669.